The summed E-state index contributed by atoms with van der Waals surface area (Å²) in [6, 6.07) is 16.5. The summed E-state index contributed by atoms with van der Waals surface area (Å²) in [6.45, 7) is 2.04. The van der Waals surface area contributed by atoms with Crippen molar-refractivity contribution in [3.63, 3.8) is 0 Å². The number of nitrogen functional groups attached to an aromatic ring is 1. The fourth-order valence-corrected chi connectivity index (χ4v) is 2.53. The van der Waals surface area contributed by atoms with E-state index in [0.29, 0.717) is 0 Å². The Balaban J connectivity index is 1.93. The van der Waals surface area contributed by atoms with Crippen LogP contribution in [0.15, 0.2) is 59.5 Å². The van der Waals surface area contributed by atoms with Gasteiger partial charge < -0.3 is 5.73 Å². The number of thioether (sulfide) groups is 1. The van der Waals surface area contributed by atoms with Gasteiger partial charge in [-0.2, -0.15) is 0 Å². The Bertz CT molecular complexity index is 532. The van der Waals surface area contributed by atoms with Gasteiger partial charge in [0.05, 0.1) is 0 Å². The zero-order valence-corrected chi connectivity index (χ0v) is 11.3. The Labute approximate surface area is 113 Å². The molecule has 0 radical (unpaired) electrons. The highest BCUT2D eigenvalue weighted by atomic mass is 32.2. The molecule has 0 fully saturated rings. The first-order chi connectivity index (χ1) is 8.77. The Hall–Kier alpha value is -1.67. The van der Waals surface area contributed by atoms with Crippen molar-refractivity contribution < 1.29 is 0 Å². The lowest BCUT2D eigenvalue weighted by atomic mass is 10.2. The van der Waals surface area contributed by atoms with Crippen molar-refractivity contribution in [3.8, 4) is 0 Å². The molecular weight excluding hydrogens is 238 g/mol. The molecule has 2 aromatic rings. The molecular formula is C16H17NS. The van der Waals surface area contributed by atoms with Gasteiger partial charge in [-0.05, 0) is 24.1 Å². The second-order valence-corrected chi connectivity index (χ2v) is 5.17. The van der Waals surface area contributed by atoms with Crippen LogP contribution in [-0.4, -0.2) is 5.75 Å². The minimum absolute atomic E-state index is 0.899. The van der Waals surface area contributed by atoms with Crippen LogP contribution in [0.25, 0.3) is 6.08 Å². The number of rotatable bonds is 4. The maximum absolute atomic E-state index is 6.03. The number of hydrogen-bond donors (Lipinski definition) is 1. The summed E-state index contributed by atoms with van der Waals surface area (Å²) in [5, 5.41) is 0. The van der Waals surface area contributed by atoms with Gasteiger partial charge >= 0.3 is 0 Å². The fourth-order valence-electron chi connectivity index (χ4n) is 1.67. The van der Waals surface area contributed by atoms with Crippen LogP contribution < -0.4 is 5.73 Å². The van der Waals surface area contributed by atoms with Crippen molar-refractivity contribution in [2.24, 2.45) is 0 Å². The Kier molecular flexibility index (Phi) is 4.48. The van der Waals surface area contributed by atoms with Gasteiger partial charge in [0.15, 0.2) is 0 Å². The lowest BCUT2D eigenvalue weighted by Crippen LogP contribution is -1.91. The summed E-state index contributed by atoms with van der Waals surface area (Å²) >= 11 is 1.77. The Morgan fingerprint density at radius 1 is 1.06 bits per heavy atom. The van der Waals surface area contributed by atoms with Crippen LogP contribution in [0, 0.1) is 6.92 Å². The first-order valence-corrected chi connectivity index (χ1v) is 6.95. The van der Waals surface area contributed by atoms with E-state index in [-0.39, 0.29) is 0 Å². The monoisotopic (exact) mass is 255 g/mol. The molecule has 0 saturated carbocycles. The molecule has 1 nitrogen and oxygen atoms in total. The number of benzene rings is 2. The zero-order valence-electron chi connectivity index (χ0n) is 10.5. The second kappa shape index (κ2) is 6.31. The van der Waals surface area contributed by atoms with Crippen molar-refractivity contribution in [1.82, 2.24) is 0 Å². The molecule has 2 N–H and O–H groups in total. The number of anilines is 1. The fraction of sp³-hybridized carbons (Fsp3) is 0.125. The Morgan fingerprint density at radius 3 is 2.61 bits per heavy atom. The minimum atomic E-state index is 0.899. The molecule has 0 spiro atoms. The molecule has 0 heterocycles. The summed E-state index contributed by atoms with van der Waals surface area (Å²) in [5.74, 6) is 0.933. The lowest BCUT2D eigenvalue weighted by Gasteiger charge is -2.05. The van der Waals surface area contributed by atoms with Gasteiger partial charge in [-0.3, -0.25) is 0 Å². The van der Waals surface area contributed by atoms with Crippen molar-refractivity contribution in [3.05, 3.63) is 65.7 Å². The van der Waals surface area contributed by atoms with Gasteiger partial charge in [0.25, 0.3) is 0 Å². The zero-order chi connectivity index (χ0) is 12.8. The average molecular weight is 255 g/mol. The molecule has 0 atom stereocenters. The smallest absolute Gasteiger partial charge is 0.0482 e. The molecule has 0 bridgehead atoms. The van der Waals surface area contributed by atoms with Crippen molar-refractivity contribution in [2.45, 2.75) is 11.8 Å². The average Bonchev–Trinajstić information content (AvgIpc) is 2.40. The van der Waals surface area contributed by atoms with Crippen LogP contribution in [0.2, 0.25) is 0 Å². The van der Waals surface area contributed by atoms with Crippen molar-refractivity contribution in [2.75, 3.05) is 11.5 Å². The molecule has 2 aromatic carbocycles. The van der Waals surface area contributed by atoms with Gasteiger partial charge in [-0.1, -0.05) is 54.6 Å². The number of aryl methyl sites for hydroxylation is 1. The third-order valence-corrected chi connectivity index (χ3v) is 3.76. The van der Waals surface area contributed by atoms with Gasteiger partial charge in [0.2, 0.25) is 0 Å². The van der Waals surface area contributed by atoms with E-state index in [9.17, 15) is 0 Å². The van der Waals surface area contributed by atoms with Gasteiger partial charge in [0.1, 0.15) is 0 Å². The largest absolute Gasteiger partial charge is 0.398 e. The number of nitrogens with two attached hydrogens (primary N) is 1. The van der Waals surface area contributed by atoms with Crippen molar-refractivity contribution >= 4 is 23.5 Å². The molecule has 0 amide bonds. The van der Waals surface area contributed by atoms with E-state index in [1.165, 1.54) is 5.56 Å². The predicted octanol–water partition coefficient (Wildman–Crippen LogP) is 4.38. The van der Waals surface area contributed by atoms with Crippen LogP contribution in [0.5, 0.6) is 0 Å². The van der Waals surface area contributed by atoms with E-state index in [1.807, 2.05) is 31.2 Å². The highest BCUT2D eigenvalue weighted by molar-refractivity contribution is 7.99. The van der Waals surface area contributed by atoms with Crippen LogP contribution >= 0.6 is 11.8 Å². The third kappa shape index (κ3) is 3.41. The topological polar surface area (TPSA) is 26.0 Å². The molecule has 0 aliphatic heterocycles. The van der Waals surface area contributed by atoms with Gasteiger partial charge in [0, 0.05) is 16.3 Å². The SMILES string of the molecule is Cc1cccc(SCC=Cc2ccccc2)c1N. The maximum atomic E-state index is 6.03. The summed E-state index contributed by atoms with van der Waals surface area (Å²) in [4.78, 5) is 1.16. The molecule has 0 aliphatic rings. The first kappa shape index (κ1) is 12.8. The van der Waals surface area contributed by atoms with E-state index in [0.717, 1.165) is 21.9 Å². The van der Waals surface area contributed by atoms with Crippen LogP contribution in [-0.2, 0) is 0 Å². The van der Waals surface area contributed by atoms with Gasteiger partial charge in [-0.15, -0.1) is 11.8 Å². The Morgan fingerprint density at radius 2 is 1.83 bits per heavy atom. The molecule has 2 heteroatoms. The molecule has 0 saturated heterocycles. The molecule has 92 valence electrons. The first-order valence-electron chi connectivity index (χ1n) is 5.97. The lowest BCUT2D eigenvalue weighted by molar-refractivity contribution is 1.37. The van der Waals surface area contributed by atoms with Gasteiger partial charge in [-0.25, -0.2) is 0 Å². The molecule has 18 heavy (non-hydrogen) atoms. The summed E-state index contributed by atoms with van der Waals surface area (Å²) in [5.41, 5.74) is 9.31. The summed E-state index contributed by atoms with van der Waals surface area (Å²) < 4.78 is 0. The standard InChI is InChI=1S/C16H17NS/c1-13-7-5-11-15(16(13)17)18-12-6-10-14-8-3-2-4-9-14/h2-11H,12,17H2,1H3. The third-order valence-electron chi connectivity index (χ3n) is 2.73. The van der Waals surface area contributed by atoms with Crippen LogP contribution in [0.4, 0.5) is 5.69 Å². The normalized spacial score (nSPS) is 10.9. The van der Waals surface area contributed by atoms with E-state index in [4.69, 9.17) is 5.73 Å². The van der Waals surface area contributed by atoms with E-state index < -0.39 is 0 Å². The number of hydrogen-bond acceptors (Lipinski definition) is 2. The molecule has 0 aromatic heterocycles. The highest BCUT2D eigenvalue weighted by Gasteiger charge is 2.00. The van der Waals surface area contributed by atoms with Crippen molar-refractivity contribution in [1.29, 1.82) is 0 Å². The molecule has 0 unspecified atom stereocenters. The van der Waals surface area contributed by atoms with E-state index in [2.05, 4.69) is 36.4 Å². The predicted molar refractivity (Wildman–Crippen MR) is 81.8 cm³/mol. The second-order valence-electron chi connectivity index (χ2n) is 4.11. The summed E-state index contributed by atoms with van der Waals surface area (Å²) in [7, 11) is 0. The van der Waals surface area contributed by atoms with Crippen LogP contribution in [0.3, 0.4) is 0 Å². The quantitative estimate of drug-likeness (QED) is 0.648. The summed E-state index contributed by atoms with van der Waals surface area (Å²) in [6.07, 6.45) is 4.31. The van der Waals surface area contributed by atoms with Crippen LogP contribution in [0.1, 0.15) is 11.1 Å². The highest BCUT2D eigenvalue weighted by Crippen LogP contribution is 2.27. The molecule has 2 rings (SSSR count). The van der Waals surface area contributed by atoms with E-state index >= 15 is 0 Å². The maximum Gasteiger partial charge on any atom is 0.0482 e. The van der Waals surface area contributed by atoms with E-state index in [1.54, 1.807) is 11.8 Å². The molecule has 0 aliphatic carbocycles. The minimum Gasteiger partial charge on any atom is -0.398 e. The number of para-hydroxylation sites is 1.